The Labute approximate surface area is 191 Å². The maximum absolute atomic E-state index is 13.2. The molecule has 1 saturated heterocycles. The van der Waals surface area contributed by atoms with Crippen LogP contribution in [0.4, 0.5) is 4.39 Å². The number of hydrogen-bond acceptors (Lipinski definition) is 3. The van der Waals surface area contributed by atoms with Crippen molar-refractivity contribution in [1.82, 2.24) is 9.62 Å². The van der Waals surface area contributed by atoms with Gasteiger partial charge in [-0.25, -0.2) is 12.8 Å². The monoisotopic (exact) mass is 484 g/mol. The lowest BCUT2D eigenvalue weighted by Crippen LogP contribution is -2.44. The summed E-state index contributed by atoms with van der Waals surface area (Å²) in [4.78, 5) is 12.6. The largest absolute Gasteiger partial charge is 0.355 e. The van der Waals surface area contributed by atoms with Gasteiger partial charge in [-0.2, -0.15) is 4.31 Å². The van der Waals surface area contributed by atoms with Crippen LogP contribution in [0.25, 0.3) is 0 Å². The van der Waals surface area contributed by atoms with Crippen molar-refractivity contribution in [2.75, 3.05) is 19.6 Å². The predicted molar refractivity (Wildman–Crippen MR) is 118 cm³/mol. The van der Waals surface area contributed by atoms with E-state index >= 15 is 0 Å². The van der Waals surface area contributed by atoms with Gasteiger partial charge in [0.25, 0.3) is 0 Å². The molecular weight excluding hydrogens is 462 g/mol. The number of amides is 1. The number of rotatable bonds is 6. The maximum atomic E-state index is 13.2. The van der Waals surface area contributed by atoms with Crippen LogP contribution < -0.4 is 5.32 Å². The van der Waals surface area contributed by atoms with E-state index in [1.807, 2.05) is 0 Å². The molecular formula is C22H23Cl2FN2O3S. The summed E-state index contributed by atoms with van der Waals surface area (Å²) < 4.78 is 40.5. The molecule has 1 N–H and O–H groups in total. The van der Waals surface area contributed by atoms with E-state index in [2.05, 4.69) is 5.32 Å². The highest BCUT2D eigenvalue weighted by atomic mass is 35.5. The third-order valence-corrected chi connectivity index (χ3v) is 9.11. The van der Waals surface area contributed by atoms with Crippen molar-refractivity contribution in [3.05, 3.63) is 63.9 Å². The Morgan fingerprint density at radius 1 is 1.06 bits per heavy atom. The molecule has 31 heavy (non-hydrogen) atoms. The molecule has 2 aromatic rings. The van der Waals surface area contributed by atoms with Crippen molar-refractivity contribution in [3.63, 3.8) is 0 Å². The molecule has 1 amide bonds. The van der Waals surface area contributed by atoms with Gasteiger partial charge in [0.05, 0.1) is 10.0 Å². The van der Waals surface area contributed by atoms with Crippen molar-refractivity contribution in [2.24, 2.45) is 5.92 Å². The second-order valence-electron chi connectivity index (χ2n) is 8.23. The van der Waals surface area contributed by atoms with Gasteiger partial charge in [0.1, 0.15) is 10.7 Å². The van der Waals surface area contributed by atoms with E-state index in [-0.39, 0.29) is 51.1 Å². The minimum absolute atomic E-state index is 0.0683. The first-order valence-corrected chi connectivity index (χ1v) is 12.4. The molecule has 2 aromatic carbocycles. The second kappa shape index (κ2) is 8.70. The van der Waals surface area contributed by atoms with Gasteiger partial charge in [-0.05, 0) is 55.5 Å². The van der Waals surface area contributed by atoms with Gasteiger partial charge in [-0.15, -0.1) is 0 Å². The third kappa shape index (κ3) is 4.60. The van der Waals surface area contributed by atoms with E-state index in [1.165, 1.54) is 28.6 Å². The molecule has 0 unspecified atom stereocenters. The first kappa shape index (κ1) is 22.5. The van der Waals surface area contributed by atoms with Crippen molar-refractivity contribution in [2.45, 2.75) is 36.0 Å². The molecule has 1 aliphatic carbocycles. The zero-order valence-corrected chi connectivity index (χ0v) is 19.1. The summed E-state index contributed by atoms with van der Waals surface area (Å²) >= 11 is 12.2. The predicted octanol–water partition coefficient (Wildman–Crippen LogP) is 4.38. The van der Waals surface area contributed by atoms with E-state index in [0.29, 0.717) is 19.4 Å². The molecule has 0 atom stereocenters. The van der Waals surface area contributed by atoms with Gasteiger partial charge in [0.2, 0.25) is 15.9 Å². The van der Waals surface area contributed by atoms with Crippen molar-refractivity contribution in [1.29, 1.82) is 0 Å². The summed E-state index contributed by atoms with van der Waals surface area (Å²) in [6.07, 6.45) is 2.76. The van der Waals surface area contributed by atoms with Crippen LogP contribution in [0.3, 0.4) is 0 Å². The Morgan fingerprint density at radius 3 is 2.19 bits per heavy atom. The van der Waals surface area contributed by atoms with Crippen LogP contribution in [0.15, 0.2) is 47.4 Å². The molecule has 2 aliphatic rings. The SMILES string of the molecule is O=C(NCC1(c2ccc(F)cc2)CC1)C1CCN(S(=O)(=O)c2c(Cl)cccc2Cl)CC1. The standard InChI is InChI=1S/C22H23Cl2FN2O3S/c23-18-2-1-3-19(24)20(18)31(29,30)27-12-8-15(9-13-27)21(28)26-14-22(10-11-22)16-4-6-17(25)7-5-16/h1-7,15H,8-14H2,(H,26,28). The van der Waals surface area contributed by atoms with Crippen LogP contribution in [0.5, 0.6) is 0 Å². The maximum Gasteiger partial charge on any atom is 0.246 e. The Hall–Kier alpha value is -1.67. The fraction of sp³-hybridized carbons (Fsp3) is 0.409. The highest BCUT2D eigenvalue weighted by Gasteiger charge is 2.44. The third-order valence-electron chi connectivity index (χ3n) is 6.25. The summed E-state index contributed by atoms with van der Waals surface area (Å²) in [6.45, 7) is 0.960. The molecule has 166 valence electrons. The van der Waals surface area contributed by atoms with E-state index in [9.17, 15) is 17.6 Å². The fourth-order valence-corrected chi connectivity index (χ4v) is 6.70. The topological polar surface area (TPSA) is 66.5 Å². The average molecular weight is 485 g/mol. The summed E-state index contributed by atoms with van der Waals surface area (Å²) in [5, 5.41) is 3.20. The van der Waals surface area contributed by atoms with Crippen molar-refractivity contribution in [3.8, 4) is 0 Å². The van der Waals surface area contributed by atoms with Crippen molar-refractivity contribution < 1.29 is 17.6 Å². The van der Waals surface area contributed by atoms with Gasteiger partial charge >= 0.3 is 0 Å². The van der Waals surface area contributed by atoms with E-state index in [0.717, 1.165) is 18.4 Å². The molecule has 2 fully saturated rings. The molecule has 0 radical (unpaired) electrons. The quantitative estimate of drug-likeness (QED) is 0.661. The van der Waals surface area contributed by atoms with Crippen LogP contribution in [-0.2, 0) is 20.2 Å². The minimum Gasteiger partial charge on any atom is -0.355 e. The lowest BCUT2D eigenvalue weighted by atomic mass is 9.94. The number of carbonyl (C=O) groups is 1. The van der Waals surface area contributed by atoms with Gasteiger partial charge in [-0.1, -0.05) is 41.4 Å². The molecule has 1 saturated carbocycles. The molecule has 1 aliphatic heterocycles. The number of nitrogens with zero attached hydrogens (tertiary/aromatic N) is 1. The van der Waals surface area contributed by atoms with Gasteiger partial charge in [0, 0.05) is 31.0 Å². The molecule has 5 nitrogen and oxygen atoms in total. The Balaban J connectivity index is 1.35. The van der Waals surface area contributed by atoms with Gasteiger partial charge < -0.3 is 5.32 Å². The number of halogens is 3. The zero-order chi connectivity index (χ0) is 22.2. The second-order valence-corrected chi connectivity index (χ2v) is 10.9. The molecule has 1 heterocycles. The summed E-state index contributed by atoms with van der Waals surface area (Å²) in [7, 11) is -3.83. The number of benzene rings is 2. The number of nitrogens with one attached hydrogen (secondary N) is 1. The molecule has 9 heteroatoms. The van der Waals surface area contributed by atoms with Crippen LogP contribution in [-0.4, -0.2) is 38.3 Å². The van der Waals surface area contributed by atoms with E-state index in [1.54, 1.807) is 18.2 Å². The van der Waals surface area contributed by atoms with E-state index in [4.69, 9.17) is 23.2 Å². The van der Waals surface area contributed by atoms with Gasteiger partial charge in [0.15, 0.2) is 0 Å². The molecule has 4 rings (SSSR count). The van der Waals surface area contributed by atoms with Crippen molar-refractivity contribution >= 4 is 39.1 Å². The first-order valence-electron chi connectivity index (χ1n) is 10.2. The Morgan fingerprint density at radius 2 is 1.65 bits per heavy atom. The summed E-state index contributed by atoms with van der Waals surface area (Å²) in [5.41, 5.74) is 0.917. The zero-order valence-electron chi connectivity index (χ0n) is 16.8. The molecule has 0 bridgehead atoms. The first-order chi connectivity index (χ1) is 14.7. The normalized spacial score (nSPS) is 19.2. The fourth-order valence-electron chi connectivity index (χ4n) is 4.14. The van der Waals surface area contributed by atoms with Gasteiger partial charge in [-0.3, -0.25) is 4.79 Å². The number of piperidine rings is 1. The number of hydrogen-bond donors (Lipinski definition) is 1. The number of sulfonamides is 1. The lowest BCUT2D eigenvalue weighted by molar-refractivity contribution is -0.126. The van der Waals surface area contributed by atoms with Crippen LogP contribution in [0.2, 0.25) is 10.0 Å². The van der Waals surface area contributed by atoms with Crippen LogP contribution in [0, 0.1) is 11.7 Å². The molecule has 0 spiro atoms. The Kier molecular flexibility index (Phi) is 6.32. The smallest absolute Gasteiger partial charge is 0.246 e. The van der Waals surface area contributed by atoms with E-state index < -0.39 is 10.0 Å². The molecule has 0 aromatic heterocycles. The number of carbonyl (C=O) groups excluding carboxylic acids is 1. The minimum atomic E-state index is -3.83. The highest BCUT2D eigenvalue weighted by molar-refractivity contribution is 7.89. The Bertz CT molecular complexity index is 1060. The summed E-state index contributed by atoms with van der Waals surface area (Å²) in [5.74, 6) is -0.596. The summed E-state index contributed by atoms with van der Waals surface area (Å²) in [6, 6.07) is 11.0. The van der Waals surface area contributed by atoms with Crippen LogP contribution in [0.1, 0.15) is 31.2 Å². The average Bonchev–Trinajstić information content (AvgIpc) is 3.53. The van der Waals surface area contributed by atoms with Crippen LogP contribution >= 0.6 is 23.2 Å². The lowest BCUT2D eigenvalue weighted by Gasteiger charge is -2.31. The highest BCUT2D eigenvalue weighted by Crippen LogP contribution is 2.47.